The number of H-pyrrole nitrogens is 1. The highest BCUT2D eigenvalue weighted by Crippen LogP contribution is 2.32. The van der Waals surface area contributed by atoms with Gasteiger partial charge in [0.1, 0.15) is 0 Å². The fraction of sp³-hybridized carbons (Fsp3) is 0.100. The monoisotopic (exact) mass is 400 g/mol. The summed E-state index contributed by atoms with van der Waals surface area (Å²) in [5, 5.41) is 11.7. The smallest absolute Gasteiger partial charge is 0.339 e. The molecule has 2 N–H and O–H groups in total. The summed E-state index contributed by atoms with van der Waals surface area (Å²) in [6.07, 6.45) is 1.89. The maximum Gasteiger partial charge on any atom is 0.339 e. The highest BCUT2D eigenvalue weighted by Gasteiger charge is 2.26. The van der Waals surface area contributed by atoms with Crippen LogP contribution in [0.3, 0.4) is 0 Å². The molecule has 3 aromatic rings. The van der Waals surface area contributed by atoms with E-state index in [1.165, 1.54) is 11.1 Å². The van der Waals surface area contributed by atoms with Gasteiger partial charge in [0, 0.05) is 39.3 Å². The lowest BCUT2D eigenvalue weighted by Crippen LogP contribution is -2.27. The second kappa shape index (κ2) is 6.76. The predicted molar refractivity (Wildman–Crippen MR) is 105 cm³/mol. The molecule has 4 rings (SSSR count). The Kier molecular flexibility index (Phi) is 4.42. The number of amides is 1. The standard InChI is InChI=1S/C20H14Cl2N2O3/c21-12-3-1-11(2-4-12)19(25)24-8-7-14-15-9-13(22)5-6-17(15)23-18(14)16(10-24)20(26)27/h1-6,9-10,23H,7-8H2,(H,26,27). The van der Waals surface area contributed by atoms with Gasteiger partial charge in [-0.15, -0.1) is 0 Å². The van der Waals surface area contributed by atoms with Crippen LogP contribution in [0, 0.1) is 0 Å². The Bertz CT molecular complexity index is 1100. The molecule has 1 aliphatic rings. The van der Waals surface area contributed by atoms with Crippen LogP contribution in [0.25, 0.3) is 16.5 Å². The third-order valence-electron chi connectivity index (χ3n) is 4.61. The predicted octanol–water partition coefficient (Wildman–Crippen LogP) is 4.60. The topological polar surface area (TPSA) is 73.4 Å². The highest BCUT2D eigenvalue weighted by molar-refractivity contribution is 6.31. The number of hydrogen-bond donors (Lipinski definition) is 2. The molecular weight excluding hydrogens is 387 g/mol. The van der Waals surface area contributed by atoms with Crippen molar-refractivity contribution in [1.29, 1.82) is 0 Å². The summed E-state index contributed by atoms with van der Waals surface area (Å²) in [6.45, 7) is 0.352. The minimum absolute atomic E-state index is 0.0390. The summed E-state index contributed by atoms with van der Waals surface area (Å²) >= 11 is 12.0. The average Bonchev–Trinajstić information content (AvgIpc) is 2.87. The van der Waals surface area contributed by atoms with Crippen LogP contribution in [0.5, 0.6) is 0 Å². The summed E-state index contributed by atoms with van der Waals surface area (Å²) < 4.78 is 0. The van der Waals surface area contributed by atoms with E-state index in [2.05, 4.69) is 4.98 Å². The van der Waals surface area contributed by atoms with Crippen molar-refractivity contribution in [2.75, 3.05) is 6.54 Å². The number of aromatic nitrogens is 1. The Balaban J connectivity index is 1.79. The molecule has 0 atom stereocenters. The SMILES string of the molecule is O=C(O)C1=CN(C(=O)c2ccc(Cl)cc2)CCc2c1[nH]c1ccc(Cl)cc21. The minimum atomic E-state index is -1.11. The number of aromatic amines is 1. The van der Waals surface area contributed by atoms with Crippen molar-refractivity contribution in [3.8, 4) is 0 Å². The normalized spacial score (nSPS) is 13.9. The van der Waals surface area contributed by atoms with Crippen LogP contribution in [0.1, 0.15) is 21.6 Å². The Hall–Kier alpha value is -2.76. The number of carboxylic acids is 1. The summed E-state index contributed by atoms with van der Waals surface area (Å²) in [5.41, 5.74) is 2.64. The molecule has 0 unspecified atom stereocenters. The van der Waals surface area contributed by atoms with Crippen molar-refractivity contribution in [2.45, 2.75) is 6.42 Å². The fourth-order valence-corrected chi connectivity index (χ4v) is 3.61. The van der Waals surface area contributed by atoms with Crippen LogP contribution in [0.2, 0.25) is 10.0 Å². The van der Waals surface area contributed by atoms with Crippen LogP contribution >= 0.6 is 23.2 Å². The molecule has 0 saturated heterocycles. The van der Waals surface area contributed by atoms with Gasteiger partial charge in [-0.2, -0.15) is 0 Å². The van der Waals surface area contributed by atoms with Gasteiger partial charge in [-0.3, -0.25) is 4.79 Å². The van der Waals surface area contributed by atoms with E-state index in [-0.39, 0.29) is 11.5 Å². The third-order valence-corrected chi connectivity index (χ3v) is 5.09. The number of fused-ring (bicyclic) bond motifs is 3. The number of rotatable bonds is 2. The van der Waals surface area contributed by atoms with Gasteiger partial charge in [0.05, 0.1) is 11.3 Å². The van der Waals surface area contributed by atoms with E-state index in [4.69, 9.17) is 23.2 Å². The lowest BCUT2D eigenvalue weighted by atomic mass is 10.0. The summed E-state index contributed by atoms with van der Waals surface area (Å²) in [7, 11) is 0. The van der Waals surface area contributed by atoms with Crippen molar-refractivity contribution >= 4 is 51.6 Å². The van der Waals surface area contributed by atoms with Gasteiger partial charge >= 0.3 is 5.97 Å². The largest absolute Gasteiger partial charge is 0.478 e. The minimum Gasteiger partial charge on any atom is -0.478 e. The maximum atomic E-state index is 12.8. The zero-order chi connectivity index (χ0) is 19.1. The summed E-state index contributed by atoms with van der Waals surface area (Å²) in [6, 6.07) is 11.9. The van der Waals surface area contributed by atoms with Crippen molar-refractivity contribution in [1.82, 2.24) is 9.88 Å². The van der Waals surface area contributed by atoms with Gasteiger partial charge in [-0.1, -0.05) is 23.2 Å². The number of carbonyl (C=O) groups excluding carboxylic acids is 1. The second-order valence-corrected chi connectivity index (χ2v) is 7.14. The van der Waals surface area contributed by atoms with Crippen LogP contribution in [0.15, 0.2) is 48.7 Å². The molecule has 5 nitrogen and oxygen atoms in total. The first-order chi connectivity index (χ1) is 12.9. The Morgan fingerprint density at radius 1 is 1.04 bits per heavy atom. The molecule has 1 amide bonds. The Morgan fingerprint density at radius 2 is 1.74 bits per heavy atom. The lowest BCUT2D eigenvalue weighted by molar-refractivity contribution is -0.130. The molecule has 0 fully saturated rings. The van der Waals surface area contributed by atoms with Gasteiger partial charge in [0.25, 0.3) is 5.91 Å². The van der Waals surface area contributed by atoms with E-state index < -0.39 is 5.97 Å². The quantitative estimate of drug-likeness (QED) is 0.659. The molecule has 2 heterocycles. The molecule has 0 bridgehead atoms. The maximum absolute atomic E-state index is 12.8. The first kappa shape index (κ1) is 17.6. The first-order valence-electron chi connectivity index (χ1n) is 8.26. The molecular formula is C20H14Cl2N2O3. The van der Waals surface area contributed by atoms with Crippen LogP contribution < -0.4 is 0 Å². The number of nitrogens with zero attached hydrogens (tertiary/aromatic N) is 1. The number of carboxylic acid groups (broad SMARTS) is 1. The number of benzene rings is 2. The molecule has 1 aliphatic heterocycles. The lowest BCUT2D eigenvalue weighted by Gasteiger charge is -2.17. The van der Waals surface area contributed by atoms with E-state index in [1.807, 2.05) is 12.1 Å². The van der Waals surface area contributed by atoms with Crippen LogP contribution in [0.4, 0.5) is 0 Å². The van der Waals surface area contributed by atoms with E-state index in [1.54, 1.807) is 30.3 Å². The summed E-state index contributed by atoms with van der Waals surface area (Å²) in [4.78, 5) is 29.3. The van der Waals surface area contributed by atoms with Gasteiger partial charge in [-0.25, -0.2) is 4.79 Å². The first-order valence-corrected chi connectivity index (χ1v) is 9.02. The zero-order valence-corrected chi connectivity index (χ0v) is 15.5. The van der Waals surface area contributed by atoms with E-state index in [0.29, 0.717) is 34.3 Å². The van der Waals surface area contributed by atoms with Crippen LogP contribution in [-0.4, -0.2) is 33.4 Å². The number of hydrogen-bond acceptors (Lipinski definition) is 2. The van der Waals surface area contributed by atoms with Gasteiger partial charge < -0.3 is 15.0 Å². The molecule has 0 radical (unpaired) electrons. The number of nitrogens with one attached hydrogen (secondary N) is 1. The van der Waals surface area contributed by atoms with Crippen molar-refractivity contribution in [3.05, 3.63) is 75.5 Å². The molecule has 7 heteroatoms. The number of halogens is 2. The van der Waals surface area contributed by atoms with Crippen molar-refractivity contribution in [3.63, 3.8) is 0 Å². The molecule has 27 heavy (non-hydrogen) atoms. The summed E-state index contributed by atoms with van der Waals surface area (Å²) in [5.74, 6) is -1.39. The number of aliphatic carboxylic acids is 1. The Morgan fingerprint density at radius 3 is 2.44 bits per heavy atom. The third kappa shape index (κ3) is 3.20. The molecule has 2 aromatic carbocycles. The van der Waals surface area contributed by atoms with Gasteiger partial charge in [0.2, 0.25) is 0 Å². The fourth-order valence-electron chi connectivity index (χ4n) is 3.31. The van der Waals surface area contributed by atoms with Crippen molar-refractivity contribution < 1.29 is 14.7 Å². The highest BCUT2D eigenvalue weighted by atomic mass is 35.5. The van der Waals surface area contributed by atoms with Gasteiger partial charge in [-0.05, 0) is 54.4 Å². The van der Waals surface area contributed by atoms with E-state index in [0.717, 1.165) is 16.5 Å². The zero-order valence-electron chi connectivity index (χ0n) is 14.0. The second-order valence-electron chi connectivity index (χ2n) is 6.27. The molecule has 136 valence electrons. The van der Waals surface area contributed by atoms with E-state index in [9.17, 15) is 14.7 Å². The average molecular weight is 401 g/mol. The Labute approximate surface area is 164 Å². The molecule has 1 aromatic heterocycles. The molecule has 0 saturated carbocycles. The van der Waals surface area contributed by atoms with Crippen molar-refractivity contribution in [2.24, 2.45) is 0 Å². The van der Waals surface area contributed by atoms with Gasteiger partial charge in [0.15, 0.2) is 0 Å². The van der Waals surface area contributed by atoms with E-state index >= 15 is 0 Å². The van der Waals surface area contributed by atoms with Crippen LogP contribution in [-0.2, 0) is 11.2 Å². The molecule has 0 aliphatic carbocycles. The molecule has 0 spiro atoms. The number of carbonyl (C=O) groups is 2.